The predicted octanol–water partition coefficient (Wildman–Crippen LogP) is 2.47. The first-order valence-electron chi connectivity index (χ1n) is 8.22. The second kappa shape index (κ2) is 7.25. The predicted molar refractivity (Wildman–Crippen MR) is 78.7 cm³/mol. The number of nitrogens with two attached hydrogens (primary N) is 1. The molecule has 3 N–H and O–H groups in total. The van der Waals surface area contributed by atoms with Gasteiger partial charge in [-0.2, -0.15) is 0 Å². The molecule has 120 valence electrons. The third-order valence-electron chi connectivity index (χ3n) is 5.21. The molecule has 2 fully saturated rings. The van der Waals surface area contributed by atoms with Gasteiger partial charge in [-0.3, -0.25) is 9.59 Å². The molecule has 0 heterocycles. The van der Waals surface area contributed by atoms with E-state index in [-0.39, 0.29) is 0 Å². The average Bonchev–Trinajstić information content (AvgIpc) is 2.53. The summed E-state index contributed by atoms with van der Waals surface area (Å²) in [7, 11) is 0. The number of hydrogen-bond acceptors (Lipinski definition) is 4. The number of carbonyl (C=O) groups is 2. The molecule has 0 saturated heterocycles. The van der Waals surface area contributed by atoms with Crippen molar-refractivity contribution in [2.75, 3.05) is 6.61 Å². The number of ether oxygens (including phenoxy) is 1. The Kier molecular flexibility index (Phi) is 5.62. The van der Waals surface area contributed by atoms with Gasteiger partial charge >= 0.3 is 11.9 Å². The van der Waals surface area contributed by atoms with E-state index in [1.54, 1.807) is 0 Å². The van der Waals surface area contributed by atoms with E-state index in [9.17, 15) is 14.7 Å². The summed E-state index contributed by atoms with van der Waals surface area (Å²) in [6, 6.07) is -1.04. The largest absolute Gasteiger partial charge is 0.481 e. The quantitative estimate of drug-likeness (QED) is 0.761. The molecule has 0 aromatic heterocycles. The molecule has 0 spiro atoms. The number of hydrogen-bond donors (Lipinski definition) is 2. The Balaban J connectivity index is 1.91. The SMILES string of the molecule is NC(C(=O)OCC1CCCCC1)C1(C(=O)O)CCCCC1. The molecule has 5 nitrogen and oxygen atoms in total. The van der Waals surface area contributed by atoms with Gasteiger partial charge in [0, 0.05) is 0 Å². The zero-order chi connectivity index (χ0) is 15.3. The van der Waals surface area contributed by atoms with E-state index in [1.165, 1.54) is 19.3 Å². The Labute approximate surface area is 126 Å². The van der Waals surface area contributed by atoms with Crippen LogP contribution >= 0.6 is 0 Å². The van der Waals surface area contributed by atoms with Gasteiger partial charge in [0.15, 0.2) is 0 Å². The number of rotatable bonds is 5. The fourth-order valence-corrected chi connectivity index (χ4v) is 3.71. The van der Waals surface area contributed by atoms with Crippen LogP contribution in [0.1, 0.15) is 64.2 Å². The van der Waals surface area contributed by atoms with Gasteiger partial charge in [0.25, 0.3) is 0 Å². The zero-order valence-electron chi connectivity index (χ0n) is 12.7. The second-order valence-electron chi connectivity index (χ2n) is 6.63. The van der Waals surface area contributed by atoms with Gasteiger partial charge in [-0.25, -0.2) is 0 Å². The Morgan fingerprint density at radius 2 is 1.67 bits per heavy atom. The molecule has 1 atom stereocenters. The molecule has 0 aliphatic heterocycles. The maximum absolute atomic E-state index is 12.2. The van der Waals surface area contributed by atoms with Crippen LogP contribution in [0.4, 0.5) is 0 Å². The van der Waals surface area contributed by atoms with Crippen molar-refractivity contribution in [3.63, 3.8) is 0 Å². The van der Waals surface area contributed by atoms with Crippen LogP contribution in [0, 0.1) is 11.3 Å². The van der Waals surface area contributed by atoms with Crippen LogP contribution in [0.25, 0.3) is 0 Å². The molecule has 0 radical (unpaired) electrons. The average molecular weight is 297 g/mol. The fraction of sp³-hybridized carbons (Fsp3) is 0.875. The lowest BCUT2D eigenvalue weighted by Crippen LogP contribution is -2.53. The molecule has 0 aromatic carbocycles. The number of aliphatic carboxylic acids is 1. The first-order valence-corrected chi connectivity index (χ1v) is 8.22. The van der Waals surface area contributed by atoms with Gasteiger partial charge < -0.3 is 15.6 Å². The Bertz CT molecular complexity index is 370. The van der Waals surface area contributed by atoms with Crippen LogP contribution < -0.4 is 5.73 Å². The van der Waals surface area contributed by atoms with E-state index >= 15 is 0 Å². The van der Waals surface area contributed by atoms with E-state index < -0.39 is 23.4 Å². The number of carbonyl (C=O) groups excluding carboxylic acids is 1. The maximum Gasteiger partial charge on any atom is 0.324 e. The monoisotopic (exact) mass is 297 g/mol. The lowest BCUT2D eigenvalue weighted by molar-refractivity contribution is -0.163. The standard InChI is InChI=1S/C16H27NO4/c17-13(16(15(19)20)9-5-2-6-10-16)14(18)21-11-12-7-3-1-4-8-12/h12-13H,1-11,17H2,(H,19,20). The third-order valence-corrected chi connectivity index (χ3v) is 5.21. The molecule has 2 saturated carbocycles. The topological polar surface area (TPSA) is 89.6 Å². The van der Waals surface area contributed by atoms with Gasteiger partial charge in [-0.15, -0.1) is 0 Å². The lowest BCUT2D eigenvalue weighted by Gasteiger charge is -2.36. The van der Waals surface area contributed by atoms with Gasteiger partial charge in [-0.05, 0) is 31.6 Å². The molecule has 0 aromatic rings. The molecule has 21 heavy (non-hydrogen) atoms. The molecule has 5 heteroatoms. The third kappa shape index (κ3) is 3.76. The van der Waals surface area contributed by atoms with E-state index in [2.05, 4.69) is 0 Å². The smallest absolute Gasteiger partial charge is 0.324 e. The van der Waals surface area contributed by atoms with E-state index in [1.807, 2.05) is 0 Å². The van der Waals surface area contributed by atoms with E-state index in [4.69, 9.17) is 10.5 Å². The molecule has 2 aliphatic carbocycles. The molecule has 0 amide bonds. The Morgan fingerprint density at radius 1 is 1.10 bits per heavy atom. The summed E-state index contributed by atoms with van der Waals surface area (Å²) in [6.07, 6.45) is 9.40. The molecule has 2 rings (SSSR count). The summed E-state index contributed by atoms with van der Waals surface area (Å²) in [5.41, 5.74) is 4.86. The van der Waals surface area contributed by atoms with Crippen LogP contribution in [0.5, 0.6) is 0 Å². The van der Waals surface area contributed by atoms with Gasteiger partial charge in [0.05, 0.1) is 12.0 Å². The highest BCUT2D eigenvalue weighted by Gasteiger charge is 2.48. The summed E-state index contributed by atoms with van der Waals surface area (Å²) >= 11 is 0. The van der Waals surface area contributed by atoms with Gasteiger partial charge in [0.1, 0.15) is 6.04 Å². The van der Waals surface area contributed by atoms with Crippen molar-refractivity contribution >= 4 is 11.9 Å². The minimum absolute atomic E-state index is 0.391. The molecule has 1 unspecified atom stereocenters. The minimum Gasteiger partial charge on any atom is -0.481 e. The van der Waals surface area contributed by atoms with Crippen molar-refractivity contribution in [1.29, 1.82) is 0 Å². The highest BCUT2D eigenvalue weighted by Crippen LogP contribution is 2.39. The Morgan fingerprint density at radius 3 is 2.24 bits per heavy atom. The highest BCUT2D eigenvalue weighted by molar-refractivity contribution is 5.86. The highest BCUT2D eigenvalue weighted by atomic mass is 16.5. The normalized spacial score (nSPS) is 24.2. The first-order chi connectivity index (χ1) is 10.1. The van der Waals surface area contributed by atoms with Crippen LogP contribution in [0.2, 0.25) is 0 Å². The summed E-state index contributed by atoms with van der Waals surface area (Å²) in [4.78, 5) is 23.8. The van der Waals surface area contributed by atoms with Crippen LogP contribution in [0.15, 0.2) is 0 Å². The minimum atomic E-state index is -1.12. The summed E-state index contributed by atoms with van der Waals surface area (Å²) in [5, 5.41) is 9.54. The van der Waals surface area contributed by atoms with Gasteiger partial charge in [-0.1, -0.05) is 38.5 Å². The molecular formula is C16H27NO4. The summed E-state index contributed by atoms with van der Waals surface area (Å²) in [6.45, 7) is 0.391. The summed E-state index contributed by atoms with van der Waals surface area (Å²) < 4.78 is 5.34. The van der Waals surface area contributed by atoms with Crippen LogP contribution in [-0.2, 0) is 14.3 Å². The maximum atomic E-state index is 12.2. The molecular weight excluding hydrogens is 270 g/mol. The van der Waals surface area contributed by atoms with Crippen molar-refractivity contribution in [2.24, 2.45) is 17.1 Å². The first kappa shape index (κ1) is 16.3. The van der Waals surface area contributed by atoms with Gasteiger partial charge in [0.2, 0.25) is 0 Å². The number of carboxylic acid groups (broad SMARTS) is 1. The van der Waals surface area contributed by atoms with Crippen LogP contribution in [0.3, 0.4) is 0 Å². The number of carboxylic acids is 1. The Hall–Kier alpha value is -1.10. The summed E-state index contributed by atoms with van der Waals surface area (Å²) in [5.74, 6) is -1.07. The fourth-order valence-electron chi connectivity index (χ4n) is 3.71. The van der Waals surface area contributed by atoms with Crippen molar-refractivity contribution < 1.29 is 19.4 Å². The van der Waals surface area contributed by atoms with Crippen molar-refractivity contribution in [3.8, 4) is 0 Å². The second-order valence-corrected chi connectivity index (χ2v) is 6.63. The van der Waals surface area contributed by atoms with Crippen molar-refractivity contribution in [3.05, 3.63) is 0 Å². The zero-order valence-corrected chi connectivity index (χ0v) is 12.7. The molecule has 2 aliphatic rings. The van der Waals surface area contributed by atoms with Crippen molar-refractivity contribution in [2.45, 2.75) is 70.3 Å². The van der Waals surface area contributed by atoms with E-state index in [0.717, 1.165) is 32.1 Å². The number of esters is 1. The van der Waals surface area contributed by atoms with E-state index in [0.29, 0.717) is 25.4 Å². The van der Waals surface area contributed by atoms with Crippen LogP contribution in [-0.4, -0.2) is 29.7 Å². The molecule has 0 bridgehead atoms. The lowest BCUT2D eigenvalue weighted by atomic mass is 9.69. The van der Waals surface area contributed by atoms with Crippen molar-refractivity contribution in [1.82, 2.24) is 0 Å².